The van der Waals surface area contributed by atoms with Gasteiger partial charge in [0, 0.05) is 4.90 Å². The molecule has 0 spiro atoms. The molecule has 0 saturated heterocycles. The highest BCUT2D eigenvalue weighted by molar-refractivity contribution is 7.98. The van der Waals surface area contributed by atoms with Crippen molar-refractivity contribution in [1.82, 2.24) is 9.97 Å². The predicted octanol–water partition coefficient (Wildman–Crippen LogP) is 3.31. The highest BCUT2D eigenvalue weighted by Gasteiger charge is 2.03. The lowest BCUT2D eigenvalue weighted by Gasteiger charge is -2.05. The van der Waals surface area contributed by atoms with Crippen LogP contribution in [0, 0.1) is 0 Å². The highest BCUT2D eigenvalue weighted by atomic mass is 32.2. The van der Waals surface area contributed by atoms with Gasteiger partial charge < -0.3 is 4.98 Å². The zero-order valence-electron chi connectivity index (χ0n) is 10.4. The van der Waals surface area contributed by atoms with Crippen LogP contribution in [0.1, 0.15) is 0 Å². The van der Waals surface area contributed by atoms with E-state index in [1.807, 2.05) is 36.6 Å². The topological polar surface area (TPSA) is 45.8 Å². The molecule has 0 aliphatic rings. The van der Waals surface area contributed by atoms with Crippen LogP contribution in [0.15, 0.2) is 58.5 Å². The van der Waals surface area contributed by atoms with Gasteiger partial charge in [-0.1, -0.05) is 18.2 Å². The van der Waals surface area contributed by atoms with Gasteiger partial charge in [-0.15, -0.1) is 11.8 Å². The summed E-state index contributed by atoms with van der Waals surface area (Å²) < 4.78 is 0. The molecule has 0 aliphatic carbocycles. The third-order valence-electron chi connectivity index (χ3n) is 3.04. The number of fused-ring (bicyclic) bond motifs is 1. The summed E-state index contributed by atoms with van der Waals surface area (Å²) in [6, 6.07) is 14.0. The largest absolute Gasteiger partial charge is 0.313 e. The number of hydrogen-bond donors (Lipinski definition) is 1. The molecule has 0 bridgehead atoms. The van der Waals surface area contributed by atoms with Crippen LogP contribution >= 0.6 is 11.8 Å². The van der Waals surface area contributed by atoms with Gasteiger partial charge in [-0.3, -0.25) is 4.79 Å². The number of H-pyrrole nitrogens is 1. The molecule has 0 aliphatic heterocycles. The maximum Gasteiger partial charge on any atom is 0.258 e. The molecule has 1 heterocycles. The van der Waals surface area contributed by atoms with Gasteiger partial charge in [-0.25, -0.2) is 4.98 Å². The van der Waals surface area contributed by atoms with Crippen LogP contribution in [0.4, 0.5) is 0 Å². The molecule has 0 saturated carbocycles. The summed E-state index contributed by atoms with van der Waals surface area (Å²) in [6.07, 6.45) is 3.48. The lowest BCUT2D eigenvalue weighted by molar-refractivity contribution is 1.17. The molecule has 0 amide bonds. The first-order chi connectivity index (χ1) is 9.28. The summed E-state index contributed by atoms with van der Waals surface area (Å²) in [5.41, 5.74) is 2.75. The molecule has 3 aromatic rings. The van der Waals surface area contributed by atoms with Crippen LogP contribution in [-0.2, 0) is 0 Å². The second kappa shape index (κ2) is 4.90. The van der Waals surface area contributed by atoms with Crippen molar-refractivity contribution in [2.75, 3.05) is 6.26 Å². The maximum atomic E-state index is 11.8. The Morgan fingerprint density at radius 3 is 2.79 bits per heavy atom. The van der Waals surface area contributed by atoms with Crippen LogP contribution in [0.5, 0.6) is 0 Å². The van der Waals surface area contributed by atoms with Crippen molar-refractivity contribution in [3.8, 4) is 11.1 Å². The lowest BCUT2D eigenvalue weighted by atomic mass is 10.0. The Morgan fingerprint density at radius 2 is 1.95 bits per heavy atom. The first-order valence-electron chi connectivity index (χ1n) is 5.90. The average Bonchev–Trinajstić information content (AvgIpc) is 2.47. The normalized spacial score (nSPS) is 10.8. The van der Waals surface area contributed by atoms with Gasteiger partial charge in [0.05, 0.1) is 17.2 Å². The Kier molecular flexibility index (Phi) is 3.09. The molecule has 1 aromatic heterocycles. The van der Waals surface area contributed by atoms with Gasteiger partial charge in [0.15, 0.2) is 0 Å². The molecule has 2 aromatic carbocycles. The fourth-order valence-electron chi connectivity index (χ4n) is 2.05. The summed E-state index contributed by atoms with van der Waals surface area (Å²) in [6.45, 7) is 0. The van der Waals surface area contributed by atoms with Crippen molar-refractivity contribution in [3.05, 3.63) is 59.1 Å². The van der Waals surface area contributed by atoms with Gasteiger partial charge in [0.1, 0.15) is 0 Å². The summed E-state index contributed by atoms with van der Waals surface area (Å²) in [5, 5.41) is 0.620. The Morgan fingerprint density at radius 1 is 1.11 bits per heavy atom. The van der Waals surface area contributed by atoms with Crippen LogP contribution in [0.2, 0.25) is 0 Å². The van der Waals surface area contributed by atoms with Gasteiger partial charge >= 0.3 is 0 Å². The third-order valence-corrected chi connectivity index (χ3v) is 3.77. The van der Waals surface area contributed by atoms with Crippen molar-refractivity contribution >= 4 is 22.7 Å². The minimum absolute atomic E-state index is 0.104. The highest BCUT2D eigenvalue weighted by Crippen LogP contribution is 2.25. The quantitative estimate of drug-likeness (QED) is 0.725. The molecular weight excluding hydrogens is 256 g/mol. The predicted molar refractivity (Wildman–Crippen MR) is 79.6 cm³/mol. The first-order valence-corrected chi connectivity index (χ1v) is 7.12. The zero-order chi connectivity index (χ0) is 13.2. The molecular formula is C15H12N2OS. The van der Waals surface area contributed by atoms with Gasteiger partial charge in [-0.05, 0) is 41.6 Å². The molecule has 0 fully saturated rings. The van der Waals surface area contributed by atoms with Crippen molar-refractivity contribution in [1.29, 1.82) is 0 Å². The number of aromatic nitrogens is 2. The zero-order valence-corrected chi connectivity index (χ0v) is 11.2. The van der Waals surface area contributed by atoms with E-state index in [1.54, 1.807) is 11.8 Å². The summed E-state index contributed by atoms with van der Waals surface area (Å²) >= 11 is 1.70. The SMILES string of the molecule is CSc1cccc(-c2ccc3nc[nH]c(=O)c3c2)c1. The average molecular weight is 268 g/mol. The van der Waals surface area contributed by atoms with E-state index in [-0.39, 0.29) is 5.56 Å². The monoisotopic (exact) mass is 268 g/mol. The molecule has 3 rings (SSSR count). The third kappa shape index (κ3) is 2.27. The molecule has 4 heteroatoms. The number of rotatable bonds is 2. The molecule has 0 radical (unpaired) electrons. The number of hydrogen-bond acceptors (Lipinski definition) is 3. The Bertz CT molecular complexity index is 795. The molecule has 1 N–H and O–H groups in total. The van der Waals surface area contributed by atoms with Crippen molar-refractivity contribution in [2.24, 2.45) is 0 Å². The Labute approximate surface area is 114 Å². The van der Waals surface area contributed by atoms with Crippen molar-refractivity contribution in [3.63, 3.8) is 0 Å². The minimum Gasteiger partial charge on any atom is -0.313 e. The van der Waals surface area contributed by atoms with Crippen LogP contribution < -0.4 is 5.56 Å². The molecule has 3 nitrogen and oxygen atoms in total. The van der Waals surface area contributed by atoms with Crippen LogP contribution in [-0.4, -0.2) is 16.2 Å². The Balaban J connectivity index is 2.20. The standard InChI is InChI=1S/C15H12N2OS/c1-19-12-4-2-3-10(7-12)11-5-6-14-13(8-11)15(18)17-9-16-14/h2-9H,1H3,(H,16,17,18). The smallest absolute Gasteiger partial charge is 0.258 e. The number of thioether (sulfide) groups is 1. The molecule has 0 unspecified atom stereocenters. The van der Waals surface area contributed by atoms with Gasteiger partial charge in [0.25, 0.3) is 5.56 Å². The van der Waals surface area contributed by atoms with Crippen LogP contribution in [0.25, 0.3) is 22.0 Å². The summed E-state index contributed by atoms with van der Waals surface area (Å²) in [4.78, 5) is 19.7. The second-order valence-electron chi connectivity index (χ2n) is 4.20. The van der Waals surface area contributed by atoms with E-state index in [2.05, 4.69) is 22.1 Å². The number of aromatic amines is 1. The van der Waals surface area contributed by atoms with E-state index in [4.69, 9.17) is 0 Å². The first kappa shape index (κ1) is 12.0. The molecule has 94 valence electrons. The summed E-state index contributed by atoms with van der Waals surface area (Å²) in [7, 11) is 0. The summed E-state index contributed by atoms with van der Waals surface area (Å²) in [5.74, 6) is 0. The van der Waals surface area contributed by atoms with Crippen molar-refractivity contribution < 1.29 is 0 Å². The van der Waals surface area contributed by atoms with Crippen molar-refractivity contribution in [2.45, 2.75) is 4.90 Å². The van der Waals surface area contributed by atoms with E-state index in [0.717, 1.165) is 11.1 Å². The van der Waals surface area contributed by atoms with Gasteiger partial charge in [-0.2, -0.15) is 0 Å². The van der Waals surface area contributed by atoms with E-state index < -0.39 is 0 Å². The van der Waals surface area contributed by atoms with Crippen LogP contribution in [0.3, 0.4) is 0 Å². The Hall–Kier alpha value is -2.07. The van der Waals surface area contributed by atoms with Gasteiger partial charge in [0.2, 0.25) is 0 Å². The second-order valence-corrected chi connectivity index (χ2v) is 5.08. The maximum absolute atomic E-state index is 11.8. The fraction of sp³-hybridized carbons (Fsp3) is 0.0667. The molecule has 19 heavy (non-hydrogen) atoms. The van der Waals surface area contributed by atoms with E-state index in [9.17, 15) is 4.79 Å². The lowest BCUT2D eigenvalue weighted by Crippen LogP contribution is -2.05. The fourth-order valence-corrected chi connectivity index (χ4v) is 2.51. The van der Waals surface area contributed by atoms with E-state index in [0.29, 0.717) is 10.9 Å². The van der Waals surface area contributed by atoms with E-state index >= 15 is 0 Å². The minimum atomic E-state index is -0.104. The molecule has 0 atom stereocenters. The van der Waals surface area contributed by atoms with E-state index in [1.165, 1.54) is 11.2 Å². The number of nitrogens with one attached hydrogen (secondary N) is 1. The number of nitrogens with zero attached hydrogens (tertiary/aromatic N) is 1. The number of benzene rings is 2.